The number of nitrogens with zero attached hydrogens (tertiary/aromatic N) is 1. The predicted molar refractivity (Wildman–Crippen MR) is 169 cm³/mol. The number of nitrogens with one attached hydrogen (secondary N) is 1. The molecule has 0 radical (unpaired) electrons. The van der Waals surface area contributed by atoms with Crippen LogP contribution in [0.15, 0.2) is 102 Å². The smallest absolute Gasteiger partial charge is 0.251 e. The van der Waals surface area contributed by atoms with Crippen LogP contribution in [0, 0.1) is 11.6 Å². The van der Waals surface area contributed by atoms with Gasteiger partial charge in [-0.2, -0.15) is 0 Å². The minimum absolute atomic E-state index is 0.0574. The maximum atomic E-state index is 14.7. The van der Waals surface area contributed by atoms with Crippen LogP contribution in [0.2, 0.25) is 0 Å². The topological polar surface area (TPSA) is 102 Å². The molecule has 232 valence electrons. The molecule has 1 amide bonds. The minimum atomic E-state index is -1.99. The average molecular weight is 631 g/mol. The van der Waals surface area contributed by atoms with Gasteiger partial charge in [0.25, 0.3) is 5.91 Å². The third-order valence-corrected chi connectivity index (χ3v) is 7.72. The second-order valence-electron chi connectivity index (χ2n) is 11.5. The summed E-state index contributed by atoms with van der Waals surface area (Å²) < 4.78 is 60.0. The third kappa shape index (κ3) is 8.09. The number of carbonyl (C=O) groups is 1. The Morgan fingerprint density at radius 1 is 0.889 bits per heavy atom. The summed E-state index contributed by atoms with van der Waals surface area (Å²) in [5.41, 5.74) is 4.35. The number of benzene rings is 4. The lowest BCUT2D eigenvalue weighted by atomic mass is 9.86. The van der Waals surface area contributed by atoms with Crippen LogP contribution in [0.1, 0.15) is 54.1 Å². The summed E-state index contributed by atoms with van der Waals surface area (Å²) in [5, 5.41) is 6.89. The summed E-state index contributed by atoms with van der Waals surface area (Å²) >= 11 is -1.99. The van der Waals surface area contributed by atoms with Gasteiger partial charge in [0.2, 0.25) is 0 Å². The van der Waals surface area contributed by atoms with E-state index in [1.165, 1.54) is 24.3 Å². The van der Waals surface area contributed by atoms with E-state index < -0.39 is 23.0 Å². The van der Waals surface area contributed by atoms with Crippen LogP contribution in [-0.2, 0) is 16.5 Å². The predicted octanol–water partition coefficient (Wildman–Crippen LogP) is 7.70. The summed E-state index contributed by atoms with van der Waals surface area (Å²) in [6.45, 7) is 6.44. The first-order chi connectivity index (χ1) is 21.5. The first-order valence-corrected chi connectivity index (χ1v) is 15.5. The van der Waals surface area contributed by atoms with Crippen LogP contribution >= 0.6 is 0 Å². The molecule has 4 aromatic carbocycles. The van der Waals surface area contributed by atoms with Crippen molar-refractivity contribution >= 4 is 17.0 Å². The normalized spacial score (nSPS) is 12.8. The van der Waals surface area contributed by atoms with Crippen LogP contribution in [-0.4, -0.2) is 32.1 Å². The Kier molecular flexibility index (Phi) is 9.55. The van der Waals surface area contributed by atoms with Crippen molar-refractivity contribution in [2.45, 2.75) is 32.3 Å². The Morgan fingerprint density at radius 2 is 1.56 bits per heavy atom. The van der Waals surface area contributed by atoms with Crippen LogP contribution < -0.4 is 10.1 Å². The van der Waals surface area contributed by atoms with Crippen molar-refractivity contribution in [2.24, 2.45) is 0 Å². The molecule has 0 aliphatic carbocycles. The van der Waals surface area contributed by atoms with Gasteiger partial charge in [-0.15, -0.1) is 0 Å². The zero-order valence-corrected chi connectivity index (χ0v) is 25.7. The molecule has 0 aliphatic heterocycles. The van der Waals surface area contributed by atoms with E-state index in [1.54, 1.807) is 48.5 Å². The first-order valence-electron chi connectivity index (χ1n) is 14.2. The summed E-state index contributed by atoms with van der Waals surface area (Å²) in [4.78, 5) is 12.4. The number of hydrogen-bond acceptors (Lipinski definition) is 5. The zero-order chi connectivity index (χ0) is 32.1. The standard InChI is InChI=1S/C35H32F2N2O5S/c1-35(2,3)27-10-4-23(5-11-27)33(43-30-14-8-24(9-15-30)34(40)38-16-17-45(41)42)31-21-32(44-39-31)26-18-25(19-29(37)20-26)22-6-12-28(36)13-7-22/h4-15,18-21,33H,16-17H2,1-3H3,(H,38,40)(H,41,42). The van der Waals surface area contributed by atoms with Crippen molar-refractivity contribution in [3.05, 3.63) is 131 Å². The molecule has 0 fully saturated rings. The minimum Gasteiger partial charge on any atom is -0.479 e. The molecular weight excluding hydrogens is 598 g/mol. The summed E-state index contributed by atoms with van der Waals surface area (Å²) in [6, 6.07) is 26.4. The first kappa shape index (κ1) is 31.7. The number of amides is 1. The highest BCUT2D eigenvalue weighted by molar-refractivity contribution is 7.79. The van der Waals surface area contributed by atoms with Crippen molar-refractivity contribution in [2.75, 3.05) is 12.3 Å². The Hall–Kier alpha value is -4.67. The number of ether oxygens (including phenoxy) is 1. The molecule has 1 aromatic heterocycles. The molecule has 0 saturated carbocycles. The van der Waals surface area contributed by atoms with Crippen LogP contribution in [0.25, 0.3) is 22.5 Å². The Morgan fingerprint density at radius 3 is 2.20 bits per heavy atom. The molecule has 2 unspecified atom stereocenters. The van der Waals surface area contributed by atoms with Gasteiger partial charge in [0.05, 0.1) is 5.75 Å². The second kappa shape index (κ2) is 13.5. The fraction of sp³-hybridized carbons (Fsp3) is 0.200. The molecule has 0 spiro atoms. The average Bonchev–Trinajstić information content (AvgIpc) is 3.50. The molecule has 5 aromatic rings. The van der Waals surface area contributed by atoms with Gasteiger partial charge < -0.3 is 19.1 Å². The Bertz CT molecular complexity index is 1800. The molecule has 0 saturated heterocycles. The van der Waals surface area contributed by atoms with Crippen LogP contribution in [0.5, 0.6) is 5.75 Å². The lowest BCUT2D eigenvalue weighted by Crippen LogP contribution is -2.27. The molecular formula is C35H32F2N2O5S. The van der Waals surface area contributed by atoms with Crippen LogP contribution in [0.4, 0.5) is 8.78 Å². The summed E-state index contributed by atoms with van der Waals surface area (Å²) in [5.74, 6) is -0.524. The maximum Gasteiger partial charge on any atom is 0.251 e. The van der Waals surface area contributed by atoms with Crippen molar-refractivity contribution in [1.29, 1.82) is 0 Å². The molecule has 7 nitrogen and oxygen atoms in total. The molecule has 1 heterocycles. The van der Waals surface area contributed by atoms with Gasteiger partial charge >= 0.3 is 0 Å². The molecule has 0 aliphatic rings. The van der Waals surface area contributed by atoms with Gasteiger partial charge in [0.1, 0.15) is 23.1 Å². The fourth-order valence-corrected chi connectivity index (χ4v) is 5.00. The second-order valence-corrected chi connectivity index (χ2v) is 12.6. The molecule has 10 heteroatoms. The zero-order valence-electron chi connectivity index (χ0n) is 24.9. The number of carbonyl (C=O) groups excluding carboxylic acids is 1. The van der Waals surface area contributed by atoms with Gasteiger partial charge in [0, 0.05) is 23.7 Å². The van der Waals surface area contributed by atoms with E-state index in [9.17, 15) is 17.8 Å². The van der Waals surface area contributed by atoms with E-state index in [2.05, 4.69) is 31.2 Å². The number of halogens is 2. The SMILES string of the molecule is CC(C)(C)c1ccc(C(Oc2ccc(C(=O)NCCS(=O)O)cc2)c2cc(-c3cc(F)cc(-c4ccc(F)cc4)c3)on2)cc1. The molecule has 0 bridgehead atoms. The highest BCUT2D eigenvalue weighted by Gasteiger charge is 2.23. The highest BCUT2D eigenvalue weighted by atomic mass is 32.2. The Balaban J connectivity index is 1.44. The van der Waals surface area contributed by atoms with E-state index in [0.717, 1.165) is 11.1 Å². The van der Waals surface area contributed by atoms with Crippen molar-refractivity contribution in [3.8, 4) is 28.2 Å². The van der Waals surface area contributed by atoms with Crippen LogP contribution in [0.3, 0.4) is 0 Å². The lowest BCUT2D eigenvalue weighted by molar-refractivity contribution is 0.0956. The fourth-order valence-electron chi connectivity index (χ4n) is 4.72. The molecule has 5 rings (SSSR count). The Labute approximate surface area is 262 Å². The third-order valence-electron chi connectivity index (χ3n) is 7.17. The number of aromatic nitrogens is 1. The van der Waals surface area contributed by atoms with Crippen molar-refractivity contribution in [3.63, 3.8) is 0 Å². The summed E-state index contributed by atoms with van der Waals surface area (Å²) in [7, 11) is 0. The van der Waals surface area contributed by atoms with E-state index >= 15 is 0 Å². The van der Waals surface area contributed by atoms with E-state index in [1.807, 2.05) is 24.3 Å². The van der Waals surface area contributed by atoms with Gasteiger partial charge in [-0.25, -0.2) is 13.0 Å². The van der Waals surface area contributed by atoms with Gasteiger partial charge in [-0.3, -0.25) is 4.79 Å². The van der Waals surface area contributed by atoms with E-state index in [4.69, 9.17) is 13.8 Å². The quantitative estimate of drug-likeness (QED) is 0.153. The lowest BCUT2D eigenvalue weighted by Gasteiger charge is -2.21. The summed E-state index contributed by atoms with van der Waals surface area (Å²) in [6.07, 6.45) is -0.708. The van der Waals surface area contributed by atoms with E-state index in [-0.39, 0.29) is 29.4 Å². The molecule has 45 heavy (non-hydrogen) atoms. The van der Waals surface area contributed by atoms with Gasteiger partial charge in [-0.05, 0) is 82.3 Å². The molecule has 2 atom stereocenters. The van der Waals surface area contributed by atoms with Gasteiger partial charge in [-0.1, -0.05) is 62.3 Å². The molecule has 2 N–H and O–H groups in total. The van der Waals surface area contributed by atoms with Crippen molar-refractivity contribution in [1.82, 2.24) is 10.5 Å². The highest BCUT2D eigenvalue weighted by Crippen LogP contribution is 2.34. The van der Waals surface area contributed by atoms with Gasteiger partial charge in [0.15, 0.2) is 22.9 Å². The van der Waals surface area contributed by atoms with Crippen molar-refractivity contribution < 1.29 is 31.6 Å². The number of rotatable bonds is 10. The largest absolute Gasteiger partial charge is 0.479 e. The number of hydrogen-bond donors (Lipinski definition) is 2. The monoisotopic (exact) mass is 630 g/mol. The van der Waals surface area contributed by atoms with E-state index in [0.29, 0.717) is 39.5 Å². The maximum absolute atomic E-state index is 14.7.